The molecule has 4 rings (SSSR count). The van der Waals surface area contributed by atoms with E-state index >= 15 is 0 Å². The van der Waals surface area contributed by atoms with Crippen molar-refractivity contribution in [2.75, 3.05) is 26.3 Å². The number of hydrazone groups is 1. The molecule has 0 saturated carbocycles. The van der Waals surface area contributed by atoms with Gasteiger partial charge in [-0.25, -0.2) is 10.2 Å². The average molecular weight is 509 g/mol. The first-order chi connectivity index (χ1) is 17.8. The molecule has 1 atom stereocenters. The normalized spacial score (nSPS) is 12.1. The zero-order chi connectivity index (χ0) is 26.5. The number of fused-ring (bicyclic) bond motifs is 1. The van der Waals surface area contributed by atoms with Crippen LogP contribution in [0.5, 0.6) is 17.2 Å². The summed E-state index contributed by atoms with van der Waals surface area (Å²) < 4.78 is 19.7. The third-order valence-electron chi connectivity index (χ3n) is 5.74. The van der Waals surface area contributed by atoms with E-state index in [-0.39, 0.29) is 30.3 Å². The number of imidazole rings is 1. The van der Waals surface area contributed by atoms with E-state index in [0.717, 1.165) is 15.9 Å². The molecule has 0 radical (unpaired) electrons. The number of ether oxygens (including phenoxy) is 3. The molecule has 2 N–H and O–H groups in total. The molecular formula is C25H28N6O6. The van der Waals surface area contributed by atoms with Crippen LogP contribution < -0.4 is 30.9 Å². The van der Waals surface area contributed by atoms with Crippen molar-refractivity contribution < 1.29 is 19.3 Å². The van der Waals surface area contributed by atoms with Crippen molar-refractivity contribution in [1.29, 1.82) is 0 Å². The topological polar surface area (TPSA) is 134 Å². The van der Waals surface area contributed by atoms with Crippen LogP contribution in [-0.2, 0) is 20.6 Å². The summed E-state index contributed by atoms with van der Waals surface area (Å²) in [5, 5.41) is 15.0. The molecule has 2 heterocycles. The number of hydrogen-bond donors (Lipinski definition) is 2. The molecule has 0 bridgehead atoms. The number of aromatic nitrogens is 4. The standard InChI is InChI=1S/C25H28N6O6/c1-29-22-21(23(33)30(2)25(29)34)31(14-17(32)15-37-20-11-9-19(36-4)10-12-20)24(27-22)28-26-13-16-5-7-18(35-3)8-6-16/h5-13,17,32H,14-15H2,1-4H3,(H,27,28)/b26-13-/t17-/m0/s1. The summed E-state index contributed by atoms with van der Waals surface area (Å²) in [4.78, 5) is 29.9. The first-order valence-corrected chi connectivity index (χ1v) is 11.4. The number of benzene rings is 2. The molecule has 12 nitrogen and oxygen atoms in total. The van der Waals surface area contributed by atoms with Crippen LogP contribution in [0.1, 0.15) is 5.56 Å². The van der Waals surface area contributed by atoms with Gasteiger partial charge in [0.25, 0.3) is 5.56 Å². The maximum absolute atomic E-state index is 13.0. The Balaban J connectivity index is 1.61. The van der Waals surface area contributed by atoms with E-state index in [1.54, 1.807) is 56.8 Å². The van der Waals surface area contributed by atoms with Gasteiger partial charge in [-0.2, -0.15) is 10.1 Å². The second kappa shape index (κ2) is 11.0. The Labute approximate surface area is 212 Å². The highest BCUT2D eigenvalue weighted by Crippen LogP contribution is 2.19. The molecule has 0 unspecified atom stereocenters. The lowest BCUT2D eigenvalue weighted by atomic mass is 10.2. The third kappa shape index (κ3) is 5.48. The number of nitrogens with zero attached hydrogens (tertiary/aromatic N) is 5. The summed E-state index contributed by atoms with van der Waals surface area (Å²) in [6.45, 7) is -0.0902. The van der Waals surface area contributed by atoms with Gasteiger partial charge in [0.2, 0.25) is 5.95 Å². The number of methoxy groups -OCH3 is 2. The Morgan fingerprint density at radius 2 is 1.57 bits per heavy atom. The summed E-state index contributed by atoms with van der Waals surface area (Å²) in [6.07, 6.45) is 0.566. The quantitative estimate of drug-likeness (QED) is 0.242. The first kappa shape index (κ1) is 25.5. The van der Waals surface area contributed by atoms with E-state index < -0.39 is 17.4 Å². The fourth-order valence-corrected chi connectivity index (χ4v) is 3.69. The molecule has 194 valence electrons. The largest absolute Gasteiger partial charge is 0.497 e. The van der Waals surface area contributed by atoms with Gasteiger partial charge in [0, 0.05) is 14.1 Å². The minimum atomic E-state index is -1.01. The number of aryl methyl sites for hydroxylation is 1. The zero-order valence-corrected chi connectivity index (χ0v) is 20.9. The Morgan fingerprint density at radius 3 is 2.19 bits per heavy atom. The zero-order valence-electron chi connectivity index (χ0n) is 20.9. The number of aliphatic hydroxyl groups is 1. The van der Waals surface area contributed by atoms with Gasteiger partial charge >= 0.3 is 5.69 Å². The van der Waals surface area contributed by atoms with Crippen molar-refractivity contribution in [3.63, 3.8) is 0 Å². The lowest BCUT2D eigenvalue weighted by molar-refractivity contribution is 0.0938. The Kier molecular flexibility index (Phi) is 7.58. The van der Waals surface area contributed by atoms with E-state index in [2.05, 4.69) is 15.5 Å². The molecular weight excluding hydrogens is 480 g/mol. The Hall–Kier alpha value is -4.58. The van der Waals surface area contributed by atoms with Gasteiger partial charge in [-0.15, -0.1) is 0 Å². The number of aliphatic hydroxyl groups excluding tert-OH is 1. The van der Waals surface area contributed by atoms with Crippen molar-refractivity contribution in [2.24, 2.45) is 19.2 Å². The van der Waals surface area contributed by atoms with Crippen LogP contribution in [0.2, 0.25) is 0 Å². The second-order valence-electron chi connectivity index (χ2n) is 8.21. The van der Waals surface area contributed by atoms with Gasteiger partial charge < -0.3 is 23.9 Å². The molecule has 0 aliphatic rings. The fourth-order valence-electron chi connectivity index (χ4n) is 3.69. The first-order valence-electron chi connectivity index (χ1n) is 11.4. The highest BCUT2D eigenvalue weighted by Gasteiger charge is 2.21. The summed E-state index contributed by atoms with van der Waals surface area (Å²) >= 11 is 0. The lowest BCUT2D eigenvalue weighted by Gasteiger charge is -2.15. The molecule has 12 heteroatoms. The predicted molar refractivity (Wildman–Crippen MR) is 139 cm³/mol. The molecule has 37 heavy (non-hydrogen) atoms. The van der Waals surface area contributed by atoms with E-state index in [0.29, 0.717) is 11.5 Å². The van der Waals surface area contributed by atoms with Crippen LogP contribution in [-0.4, -0.2) is 56.9 Å². The molecule has 4 aromatic rings. The third-order valence-corrected chi connectivity index (χ3v) is 5.74. The Bertz CT molecular complexity index is 1520. The van der Waals surface area contributed by atoms with Gasteiger partial charge in [-0.3, -0.25) is 13.9 Å². The van der Waals surface area contributed by atoms with Gasteiger partial charge in [0.15, 0.2) is 11.2 Å². The van der Waals surface area contributed by atoms with E-state index in [4.69, 9.17) is 14.2 Å². The molecule has 0 fully saturated rings. The highest BCUT2D eigenvalue weighted by molar-refractivity contribution is 5.80. The van der Waals surface area contributed by atoms with Crippen molar-refractivity contribution >= 4 is 23.3 Å². The van der Waals surface area contributed by atoms with Gasteiger partial charge in [-0.1, -0.05) is 0 Å². The summed E-state index contributed by atoms with van der Waals surface area (Å²) in [7, 11) is 6.07. The molecule has 2 aromatic carbocycles. The molecule has 0 aliphatic carbocycles. The fraction of sp³-hybridized carbons (Fsp3) is 0.280. The van der Waals surface area contributed by atoms with E-state index in [9.17, 15) is 14.7 Å². The summed E-state index contributed by atoms with van der Waals surface area (Å²) in [5.41, 5.74) is 2.88. The summed E-state index contributed by atoms with van der Waals surface area (Å²) in [6, 6.07) is 14.2. The van der Waals surface area contributed by atoms with Crippen molar-refractivity contribution in [2.45, 2.75) is 12.6 Å². The molecule has 0 saturated heterocycles. The van der Waals surface area contributed by atoms with Crippen LogP contribution in [0, 0.1) is 0 Å². The van der Waals surface area contributed by atoms with Gasteiger partial charge in [-0.05, 0) is 54.1 Å². The molecule has 0 aliphatic heterocycles. The number of anilines is 1. The van der Waals surface area contributed by atoms with Gasteiger partial charge in [0.1, 0.15) is 30.0 Å². The number of hydrogen-bond acceptors (Lipinski definition) is 9. The van der Waals surface area contributed by atoms with Crippen LogP contribution >= 0.6 is 0 Å². The van der Waals surface area contributed by atoms with Crippen molar-refractivity contribution in [3.8, 4) is 17.2 Å². The molecule has 2 aromatic heterocycles. The van der Waals surface area contributed by atoms with Crippen LogP contribution in [0.25, 0.3) is 11.2 Å². The second-order valence-corrected chi connectivity index (χ2v) is 8.21. The van der Waals surface area contributed by atoms with E-state index in [1.165, 1.54) is 23.2 Å². The monoisotopic (exact) mass is 508 g/mol. The van der Waals surface area contributed by atoms with Crippen LogP contribution in [0.15, 0.2) is 63.2 Å². The molecule has 0 amide bonds. The van der Waals surface area contributed by atoms with Crippen molar-refractivity contribution in [3.05, 3.63) is 74.9 Å². The number of nitrogens with one attached hydrogen (secondary N) is 1. The van der Waals surface area contributed by atoms with Crippen LogP contribution in [0.3, 0.4) is 0 Å². The highest BCUT2D eigenvalue weighted by atomic mass is 16.5. The predicted octanol–water partition coefficient (Wildman–Crippen LogP) is 1.34. The SMILES string of the molecule is COc1ccc(/C=N\Nc2nc3c(c(=O)n(C)c(=O)n3C)n2C[C@H](O)COc2ccc(OC)cc2)cc1. The van der Waals surface area contributed by atoms with Crippen molar-refractivity contribution in [1.82, 2.24) is 18.7 Å². The van der Waals surface area contributed by atoms with Crippen LogP contribution in [0.4, 0.5) is 5.95 Å². The molecule has 0 spiro atoms. The maximum atomic E-state index is 13.0. The maximum Gasteiger partial charge on any atom is 0.332 e. The Morgan fingerprint density at radius 1 is 0.973 bits per heavy atom. The van der Waals surface area contributed by atoms with Gasteiger partial charge in [0.05, 0.1) is 27.0 Å². The average Bonchev–Trinajstić information content (AvgIpc) is 3.28. The minimum Gasteiger partial charge on any atom is -0.497 e. The smallest absolute Gasteiger partial charge is 0.332 e. The minimum absolute atomic E-state index is 0.0412. The van der Waals surface area contributed by atoms with E-state index in [1.807, 2.05) is 12.1 Å². The summed E-state index contributed by atoms with van der Waals surface area (Å²) in [5.74, 6) is 2.14. The lowest BCUT2D eigenvalue weighted by Crippen LogP contribution is -2.38. The number of rotatable bonds is 10.